The van der Waals surface area contributed by atoms with Crippen molar-refractivity contribution in [1.82, 2.24) is 5.43 Å². The number of benzene rings is 1. The van der Waals surface area contributed by atoms with Gasteiger partial charge in [-0.05, 0) is 12.1 Å². The Balaban J connectivity index is 0.00000200. The minimum absolute atomic E-state index is 0. The molecule has 20 heavy (non-hydrogen) atoms. The number of hydrogen-bond acceptors (Lipinski definition) is 3. The zero-order chi connectivity index (χ0) is 14.2. The van der Waals surface area contributed by atoms with Crippen molar-refractivity contribution in [3.05, 3.63) is 39.0 Å². The van der Waals surface area contributed by atoms with Gasteiger partial charge in [-0.2, -0.15) is 0 Å². The molecule has 9 heteroatoms. The van der Waals surface area contributed by atoms with Gasteiger partial charge in [-0.15, -0.1) is 6.26 Å². The van der Waals surface area contributed by atoms with Crippen molar-refractivity contribution in [2.75, 3.05) is 12.1 Å². The van der Waals surface area contributed by atoms with Crippen LogP contribution in [0.2, 0.25) is 15.1 Å². The van der Waals surface area contributed by atoms with Crippen molar-refractivity contribution >= 4 is 52.2 Å². The Labute approximate surface area is 152 Å². The average molecular weight is 343 g/mol. The van der Waals surface area contributed by atoms with Crippen molar-refractivity contribution in [2.45, 2.75) is 0 Å². The molecule has 0 spiro atoms. The fourth-order valence-electron chi connectivity index (χ4n) is 1.62. The van der Waals surface area contributed by atoms with Crippen LogP contribution in [0.5, 0.6) is 0 Å². The van der Waals surface area contributed by atoms with E-state index in [0.29, 0.717) is 11.3 Å². The molecule has 1 aliphatic rings. The van der Waals surface area contributed by atoms with Crippen LogP contribution in [-0.2, 0) is 4.79 Å². The summed E-state index contributed by atoms with van der Waals surface area (Å²) in [5.41, 5.74) is 2.79. The maximum Gasteiger partial charge on any atom is 1.00 e. The molecular weight excluding hydrogens is 335 g/mol. The van der Waals surface area contributed by atoms with Crippen LogP contribution in [0, 0.1) is 0 Å². The molecule has 0 unspecified atom stereocenters. The summed E-state index contributed by atoms with van der Waals surface area (Å²) in [4.78, 5) is 15.9. The molecule has 0 radical (unpaired) electrons. The van der Waals surface area contributed by atoms with Crippen LogP contribution in [-0.4, -0.2) is 18.8 Å². The minimum Gasteiger partial charge on any atom is -0.877 e. The molecule has 100 valence electrons. The van der Waals surface area contributed by atoms with Gasteiger partial charge in [-0.1, -0.05) is 34.8 Å². The van der Waals surface area contributed by atoms with Crippen molar-refractivity contribution < 1.29 is 39.5 Å². The fourth-order valence-corrected chi connectivity index (χ4v) is 2.61. The summed E-state index contributed by atoms with van der Waals surface area (Å²) >= 11 is 17.8. The predicted octanol–water partition coefficient (Wildman–Crippen LogP) is -1.23. The van der Waals surface area contributed by atoms with Crippen LogP contribution in [0.25, 0.3) is 0 Å². The van der Waals surface area contributed by atoms with E-state index < -0.39 is 5.91 Å². The quantitative estimate of drug-likeness (QED) is 0.395. The van der Waals surface area contributed by atoms with E-state index in [4.69, 9.17) is 34.8 Å². The number of amides is 1. The maximum absolute atomic E-state index is 12.1. The minimum atomic E-state index is -0.582. The summed E-state index contributed by atoms with van der Waals surface area (Å²) in [5, 5.41) is 12.7. The second kappa shape index (κ2) is 7.02. The molecule has 1 amide bonds. The van der Waals surface area contributed by atoms with Crippen LogP contribution >= 0.6 is 34.8 Å². The average Bonchev–Trinajstić information content (AvgIpc) is 2.65. The maximum atomic E-state index is 12.1. The summed E-state index contributed by atoms with van der Waals surface area (Å²) < 4.78 is 0. The van der Waals surface area contributed by atoms with Gasteiger partial charge in [0.2, 0.25) is 0 Å². The Hall–Kier alpha value is -0.430. The van der Waals surface area contributed by atoms with E-state index in [9.17, 15) is 9.90 Å². The first-order valence-electron chi connectivity index (χ1n) is 5.04. The van der Waals surface area contributed by atoms with Gasteiger partial charge in [0.25, 0.3) is 5.91 Å². The molecule has 0 saturated carbocycles. The normalized spacial score (nSPS) is 18.4. The number of anilines is 1. The van der Waals surface area contributed by atoms with E-state index in [1.54, 1.807) is 0 Å². The predicted molar refractivity (Wildman–Crippen MR) is 73.5 cm³/mol. The molecule has 1 N–H and O–H groups in total. The molecule has 5 nitrogen and oxygen atoms in total. The molecule has 1 fully saturated rings. The molecule has 0 aliphatic carbocycles. The van der Waals surface area contributed by atoms with Gasteiger partial charge in [-0.25, -0.2) is 5.01 Å². The fraction of sp³-hybridized carbons (Fsp3) is 0.0909. The van der Waals surface area contributed by atoms with Crippen molar-refractivity contribution in [3.63, 3.8) is 0 Å². The zero-order valence-corrected chi connectivity index (χ0v) is 14.8. The Kier molecular flexibility index (Phi) is 6.19. The van der Waals surface area contributed by atoms with Gasteiger partial charge in [0, 0.05) is 12.1 Å². The van der Waals surface area contributed by atoms with Crippen LogP contribution in [0.1, 0.15) is 0 Å². The molecule has 1 saturated heterocycles. The standard InChI is InChI=1S/C11H8Cl3N3O2.Na/c1-15-10-6(4-18)11(19)17(16-10)9-7(13)2-5(12)3-8(9)14;/h2-4,18H,1H3,(H,15,16);/q;+1/p-1/b6-4+;. The number of aliphatic imine (C=N–C) groups is 1. The Morgan fingerprint density at radius 1 is 1.30 bits per heavy atom. The summed E-state index contributed by atoms with van der Waals surface area (Å²) in [5.74, 6) is -0.427. The van der Waals surface area contributed by atoms with Crippen LogP contribution in [0.15, 0.2) is 29.0 Å². The number of amidine groups is 1. The number of carbonyl (C=O) groups excluding carboxylic acids is 1. The summed E-state index contributed by atoms with van der Waals surface area (Å²) in [6.45, 7) is 0. The van der Waals surface area contributed by atoms with E-state index in [-0.39, 0.29) is 56.7 Å². The number of nitrogens with one attached hydrogen (secondary N) is 1. The molecule has 1 aromatic rings. The summed E-state index contributed by atoms with van der Waals surface area (Å²) in [7, 11) is 1.45. The third kappa shape index (κ3) is 3.08. The van der Waals surface area contributed by atoms with Crippen LogP contribution in [0.4, 0.5) is 5.69 Å². The van der Waals surface area contributed by atoms with E-state index in [2.05, 4.69) is 10.4 Å². The molecule has 1 heterocycles. The van der Waals surface area contributed by atoms with Gasteiger partial charge >= 0.3 is 29.6 Å². The molecule has 0 bridgehead atoms. The van der Waals surface area contributed by atoms with Gasteiger partial charge in [0.15, 0.2) is 5.84 Å². The monoisotopic (exact) mass is 341 g/mol. The van der Waals surface area contributed by atoms with E-state index >= 15 is 0 Å². The first kappa shape index (κ1) is 17.6. The molecule has 1 aromatic carbocycles. The molecule has 0 aromatic heterocycles. The number of rotatable bonds is 1. The Morgan fingerprint density at radius 2 is 1.85 bits per heavy atom. The van der Waals surface area contributed by atoms with Gasteiger partial charge < -0.3 is 5.11 Å². The molecular formula is C11H7Cl3N3NaO2. The Bertz CT molecular complexity index is 596. The molecule has 1 aliphatic heterocycles. The van der Waals surface area contributed by atoms with Gasteiger partial charge in [0.1, 0.15) is 5.69 Å². The van der Waals surface area contributed by atoms with E-state index in [0.717, 1.165) is 5.01 Å². The SMILES string of the molecule is CN=C1NN(c2c(Cl)cc(Cl)cc2Cl)C(=O)/C1=C/[O-].[Na+]. The second-order valence-electron chi connectivity index (χ2n) is 3.57. The third-order valence-corrected chi connectivity index (χ3v) is 3.25. The van der Waals surface area contributed by atoms with Gasteiger partial charge in [-0.3, -0.25) is 15.2 Å². The largest absolute Gasteiger partial charge is 1.00 e. The third-order valence-electron chi connectivity index (χ3n) is 2.45. The number of hydrazine groups is 1. The number of nitrogens with zero attached hydrogens (tertiary/aromatic N) is 2. The molecule has 2 rings (SSSR count). The summed E-state index contributed by atoms with van der Waals surface area (Å²) in [6.07, 6.45) is 0.426. The van der Waals surface area contributed by atoms with Crippen molar-refractivity contribution in [3.8, 4) is 0 Å². The van der Waals surface area contributed by atoms with E-state index in [1.807, 2.05) is 0 Å². The summed E-state index contributed by atoms with van der Waals surface area (Å²) in [6, 6.07) is 2.89. The van der Waals surface area contributed by atoms with Gasteiger partial charge in [0.05, 0.1) is 15.6 Å². The number of hydrogen-bond donors (Lipinski definition) is 1. The second-order valence-corrected chi connectivity index (χ2v) is 4.82. The van der Waals surface area contributed by atoms with Crippen LogP contribution in [0.3, 0.4) is 0 Å². The number of halogens is 3. The zero-order valence-electron chi connectivity index (χ0n) is 10.6. The Morgan fingerprint density at radius 3 is 2.25 bits per heavy atom. The van der Waals surface area contributed by atoms with E-state index in [1.165, 1.54) is 19.2 Å². The topological polar surface area (TPSA) is 67.8 Å². The first-order chi connectivity index (χ1) is 8.99. The number of carbonyl (C=O) groups is 1. The van der Waals surface area contributed by atoms with Crippen LogP contribution < -0.4 is 45.1 Å². The molecule has 0 atom stereocenters. The van der Waals surface area contributed by atoms with Crippen molar-refractivity contribution in [1.29, 1.82) is 0 Å². The smallest absolute Gasteiger partial charge is 0.877 e. The first-order valence-corrected chi connectivity index (χ1v) is 6.18. The van der Waals surface area contributed by atoms with Crippen molar-refractivity contribution in [2.24, 2.45) is 4.99 Å².